The molecule has 10 heteroatoms. The second kappa shape index (κ2) is 11.9. The number of halogens is 2. The summed E-state index contributed by atoms with van der Waals surface area (Å²) in [5.41, 5.74) is 1.69. The molecule has 1 N–H and O–H groups in total. The Hall–Kier alpha value is -2.29. The van der Waals surface area contributed by atoms with Crippen molar-refractivity contribution in [3.8, 4) is 0 Å². The normalized spacial score (nSPS) is 13.1. The van der Waals surface area contributed by atoms with Crippen LogP contribution in [0.5, 0.6) is 0 Å². The molecule has 0 radical (unpaired) electrons. The number of nitrogens with one attached hydrogen (secondary N) is 1. The maximum Gasteiger partial charge on any atom is 0.244 e. The molecule has 2 aromatic carbocycles. The van der Waals surface area contributed by atoms with Gasteiger partial charge in [0.2, 0.25) is 21.8 Å². The topological polar surface area (TPSA) is 86.8 Å². The zero-order chi connectivity index (χ0) is 25.6. The molecule has 2 aromatic rings. The molecule has 0 spiro atoms. The second-order valence-electron chi connectivity index (χ2n) is 8.32. The van der Waals surface area contributed by atoms with Gasteiger partial charge in [-0.05, 0) is 57.0 Å². The van der Waals surface area contributed by atoms with E-state index < -0.39 is 28.5 Å². The number of carbonyl (C=O) groups excluding carboxylic acids is 2. The van der Waals surface area contributed by atoms with Crippen LogP contribution in [0.15, 0.2) is 42.5 Å². The number of hydrogen-bond donors (Lipinski definition) is 1. The maximum absolute atomic E-state index is 13.5. The van der Waals surface area contributed by atoms with Crippen molar-refractivity contribution in [1.29, 1.82) is 0 Å². The highest BCUT2D eigenvalue weighted by Gasteiger charge is 2.31. The first-order valence-corrected chi connectivity index (χ1v) is 13.5. The molecule has 0 unspecified atom stereocenters. The van der Waals surface area contributed by atoms with Crippen LogP contribution in [0.4, 0.5) is 5.69 Å². The summed E-state index contributed by atoms with van der Waals surface area (Å²) in [4.78, 5) is 27.8. The lowest BCUT2D eigenvalue weighted by atomic mass is 10.1. The number of hydrogen-bond acceptors (Lipinski definition) is 4. The van der Waals surface area contributed by atoms with Gasteiger partial charge in [-0.15, -0.1) is 0 Å². The van der Waals surface area contributed by atoms with Crippen molar-refractivity contribution >= 4 is 50.7 Å². The predicted octanol–water partition coefficient (Wildman–Crippen LogP) is 4.40. The number of benzene rings is 2. The molecule has 0 saturated carbocycles. The molecule has 2 rings (SSSR count). The Balaban J connectivity index is 2.45. The number of nitrogens with zero attached hydrogens (tertiary/aromatic N) is 2. The molecule has 2 amide bonds. The van der Waals surface area contributed by atoms with Gasteiger partial charge in [0.05, 0.1) is 11.9 Å². The molecular weight excluding hydrogens is 497 g/mol. The fraction of sp³-hybridized carbons (Fsp3) is 0.417. The lowest BCUT2D eigenvalue weighted by Crippen LogP contribution is -2.52. The van der Waals surface area contributed by atoms with Crippen molar-refractivity contribution in [2.24, 2.45) is 0 Å². The zero-order valence-corrected chi connectivity index (χ0v) is 22.3. The Morgan fingerprint density at radius 3 is 2.18 bits per heavy atom. The van der Waals surface area contributed by atoms with Gasteiger partial charge in [0.1, 0.15) is 12.6 Å². The molecule has 0 aromatic heterocycles. The molecule has 186 valence electrons. The Kier molecular flexibility index (Phi) is 9.79. The molecule has 0 aliphatic carbocycles. The number of sulfonamides is 1. The van der Waals surface area contributed by atoms with Crippen LogP contribution in [-0.2, 0) is 26.2 Å². The van der Waals surface area contributed by atoms with Crippen molar-refractivity contribution in [2.45, 2.75) is 52.7 Å². The first kappa shape index (κ1) is 28.0. The van der Waals surface area contributed by atoms with E-state index in [2.05, 4.69) is 5.32 Å². The lowest BCUT2D eigenvalue weighted by molar-refractivity contribution is -0.139. The number of aryl methyl sites for hydroxylation is 1. The summed E-state index contributed by atoms with van der Waals surface area (Å²) in [7, 11) is -3.79. The molecule has 2 atom stereocenters. The minimum absolute atomic E-state index is 0.0577. The Bertz CT molecular complexity index is 1120. The van der Waals surface area contributed by atoms with Gasteiger partial charge in [-0.25, -0.2) is 8.42 Å². The molecule has 0 bridgehead atoms. The highest BCUT2D eigenvalue weighted by Crippen LogP contribution is 2.27. The molecule has 0 aliphatic heterocycles. The van der Waals surface area contributed by atoms with Crippen LogP contribution in [0, 0.1) is 6.92 Å². The first-order valence-electron chi connectivity index (χ1n) is 10.9. The van der Waals surface area contributed by atoms with Crippen LogP contribution >= 0.6 is 23.2 Å². The van der Waals surface area contributed by atoms with Gasteiger partial charge in [-0.2, -0.15) is 0 Å². The molecule has 0 fully saturated rings. The highest BCUT2D eigenvalue weighted by atomic mass is 35.5. The zero-order valence-electron chi connectivity index (χ0n) is 20.0. The summed E-state index contributed by atoms with van der Waals surface area (Å²) in [6.07, 6.45) is 1.76. The van der Waals surface area contributed by atoms with E-state index in [-0.39, 0.29) is 18.5 Å². The third-order valence-corrected chi connectivity index (χ3v) is 7.38. The monoisotopic (exact) mass is 527 g/mol. The summed E-state index contributed by atoms with van der Waals surface area (Å²) in [6.45, 7) is 6.69. The van der Waals surface area contributed by atoms with E-state index in [4.69, 9.17) is 23.2 Å². The van der Waals surface area contributed by atoms with Crippen LogP contribution < -0.4 is 9.62 Å². The van der Waals surface area contributed by atoms with E-state index in [1.54, 1.807) is 43.3 Å². The fourth-order valence-corrected chi connectivity index (χ4v) is 4.66. The van der Waals surface area contributed by atoms with E-state index in [9.17, 15) is 18.0 Å². The van der Waals surface area contributed by atoms with Crippen LogP contribution in [0.3, 0.4) is 0 Å². The third kappa shape index (κ3) is 7.35. The van der Waals surface area contributed by atoms with Crippen molar-refractivity contribution in [1.82, 2.24) is 10.2 Å². The number of amides is 2. The smallest absolute Gasteiger partial charge is 0.244 e. The molecular formula is C24H31Cl2N3O4S. The van der Waals surface area contributed by atoms with Gasteiger partial charge in [-0.1, -0.05) is 48.3 Å². The summed E-state index contributed by atoms with van der Waals surface area (Å²) < 4.78 is 26.2. The first-order chi connectivity index (χ1) is 15.8. The summed E-state index contributed by atoms with van der Waals surface area (Å²) in [6, 6.07) is 10.8. The van der Waals surface area contributed by atoms with Gasteiger partial charge in [0.25, 0.3) is 0 Å². The van der Waals surface area contributed by atoms with Crippen molar-refractivity contribution in [3.05, 3.63) is 63.6 Å². The van der Waals surface area contributed by atoms with E-state index in [1.165, 1.54) is 4.90 Å². The van der Waals surface area contributed by atoms with Crippen LogP contribution in [0.2, 0.25) is 10.0 Å². The summed E-state index contributed by atoms with van der Waals surface area (Å²) >= 11 is 12.7. The average molecular weight is 529 g/mol. The third-order valence-electron chi connectivity index (χ3n) is 5.53. The molecule has 0 heterocycles. The van der Waals surface area contributed by atoms with Gasteiger partial charge in [0.15, 0.2) is 0 Å². The second-order valence-corrected chi connectivity index (χ2v) is 11.0. The van der Waals surface area contributed by atoms with E-state index in [1.807, 2.05) is 26.8 Å². The standard InChI is InChI=1S/C24H31Cl2N3O4S/c1-6-17(3)27-24(31)18(4)28(14-20-21(25)11-8-12-22(20)26)23(30)15-29(34(5,32)33)19-10-7-9-16(2)13-19/h7-13,17-18H,6,14-15H2,1-5H3,(H,27,31)/t17-,18-/m0/s1. The summed E-state index contributed by atoms with van der Waals surface area (Å²) in [5, 5.41) is 3.56. The van der Waals surface area contributed by atoms with Gasteiger partial charge in [0, 0.05) is 28.2 Å². The van der Waals surface area contributed by atoms with Crippen LogP contribution in [0.25, 0.3) is 0 Å². The number of anilines is 1. The van der Waals surface area contributed by atoms with Crippen LogP contribution in [-0.4, -0.2) is 50.0 Å². The number of rotatable bonds is 10. The predicted molar refractivity (Wildman–Crippen MR) is 138 cm³/mol. The fourth-order valence-electron chi connectivity index (χ4n) is 3.30. The quantitative estimate of drug-likeness (QED) is 0.495. The Labute approximate surface area is 212 Å². The van der Waals surface area contributed by atoms with Crippen molar-refractivity contribution < 1.29 is 18.0 Å². The number of carbonyl (C=O) groups is 2. The summed E-state index contributed by atoms with van der Waals surface area (Å²) in [5.74, 6) is -0.915. The lowest BCUT2D eigenvalue weighted by Gasteiger charge is -2.32. The Morgan fingerprint density at radius 2 is 1.65 bits per heavy atom. The minimum Gasteiger partial charge on any atom is -0.352 e. The minimum atomic E-state index is -3.79. The largest absolute Gasteiger partial charge is 0.352 e. The molecule has 7 nitrogen and oxygen atoms in total. The van der Waals surface area contributed by atoms with Gasteiger partial charge in [-0.3, -0.25) is 13.9 Å². The average Bonchev–Trinajstić information content (AvgIpc) is 2.75. The van der Waals surface area contributed by atoms with Gasteiger partial charge < -0.3 is 10.2 Å². The molecule has 34 heavy (non-hydrogen) atoms. The highest BCUT2D eigenvalue weighted by molar-refractivity contribution is 7.92. The molecule has 0 saturated heterocycles. The Morgan fingerprint density at radius 1 is 1.06 bits per heavy atom. The van der Waals surface area contributed by atoms with E-state index in [0.29, 0.717) is 21.3 Å². The molecule has 0 aliphatic rings. The maximum atomic E-state index is 13.5. The van der Waals surface area contributed by atoms with Gasteiger partial charge >= 0.3 is 0 Å². The van der Waals surface area contributed by atoms with Crippen LogP contribution in [0.1, 0.15) is 38.3 Å². The van der Waals surface area contributed by atoms with E-state index >= 15 is 0 Å². The van der Waals surface area contributed by atoms with Crippen molar-refractivity contribution in [3.63, 3.8) is 0 Å². The SMILES string of the molecule is CC[C@H](C)NC(=O)[C@H](C)N(Cc1c(Cl)cccc1Cl)C(=O)CN(c1cccc(C)c1)S(C)(=O)=O. The van der Waals surface area contributed by atoms with Crippen molar-refractivity contribution in [2.75, 3.05) is 17.1 Å². The van der Waals surface area contributed by atoms with E-state index in [0.717, 1.165) is 22.5 Å².